The minimum absolute atomic E-state index is 0.864. The second-order valence-electron chi connectivity index (χ2n) is 7.28. The number of quaternary nitrogens is 1. The van der Waals surface area contributed by atoms with E-state index in [1.807, 2.05) is 0 Å². The number of rotatable bonds is 0. The number of fused-ring (bicyclic) bond motifs is 7. The van der Waals surface area contributed by atoms with Gasteiger partial charge in [0.05, 0.1) is 26.7 Å². The Bertz CT molecular complexity index is 287. The minimum Gasteiger partial charge on any atom is -0.325 e. The van der Waals surface area contributed by atoms with Gasteiger partial charge in [-0.25, -0.2) is 0 Å². The van der Waals surface area contributed by atoms with Crippen molar-refractivity contribution in [2.45, 2.75) is 63.1 Å². The zero-order valence-corrected chi connectivity index (χ0v) is 11.9. The molecular formula is C15H29N2+. The van der Waals surface area contributed by atoms with Crippen LogP contribution < -0.4 is 0 Å². The van der Waals surface area contributed by atoms with Crippen LogP contribution in [0.25, 0.3) is 0 Å². The highest BCUT2D eigenvalue weighted by molar-refractivity contribution is 4.94. The molecule has 0 aromatic heterocycles. The maximum Gasteiger partial charge on any atom is 0.104 e. The van der Waals surface area contributed by atoms with Crippen LogP contribution in [0.5, 0.6) is 0 Å². The highest BCUT2D eigenvalue weighted by Gasteiger charge is 2.47. The van der Waals surface area contributed by atoms with E-state index in [0.717, 1.165) is 24.0 Å². The second kappa shape index (κ2) is 4.24. The van der Waals surface area contributed by atoms with Crippen LogP contribution in [0.4, 0.5) is 0 Å². The summed E-state index contributed by atoms with van der Waals surface area (Å²) in [5.74, 6) is 0.991. The van der Waals surface area contributed by atoms with Gasteiger partial charge in [0.25, 0.3) is 0 Å². The van der Waals surface area contributed by atoms with Crippen LogP contribution in [0.15, 0.2) is 0 Å². The topological polar surface area (TPSA) is 3.24 Å². The van der Waals surface area contributed by atoms with Gasteiger partial charge in [-0.05, 0) is 32.2 Å². The first-order chi connectivity index (χ1) is 8.09. The fourth-order valence-corrected chi connectivity index (χ4v) is 4.98. The summed E-state index contributed by atoms with van der Waals surface area (Å²) in [5.41, 5.74) is 0. The van der Waals surface area contributed by atoms with Gasteiger partial charge in [0.2, 0.25) is 0 Å². The largest absolute Gasteiger partial charge is 0.325 e. The predicted molar refractivity (Wildman–Crippen MR) is 71.9 cm³/mol. The molecule has 0 N–H and O–H groups in total. The summed E-state index contributed by atoms with van der Waals surface area (Å²) in [6.07, 6.45) is 10.3. The van der Waals surface area contributed by atoms with Crippen molar-refractivity contribution in [3.05, 3.63) is 0 Å². The van der Waals surface area contributed by atoms with Gasteiger partial charge in [0, 0.05) is 18.9 Å². The molecule has 3 heterocycles. The Hall–Kier alpha value is -0.0800. The highest BCUT2D eigenvalue weighted by atomic mass is 15.4. The lowest BCUT2D eigenvalue weighted by molar-refractivity contribution is -0.917. The maximum atomic E-state index is 2.80. The van der Waals surface area contributed by atoms with Crippen molar-refractivity contribution in [1.82, 2.24) is 4.90 Å². The smallest absolute Gasteiger partial charge is 0.104 e. The number of likely N-dealkylation sites (N-methyl/N-ethyl adjacent to an activating group) is 2. The molecule has 0 amide bonds. The van der Waals surface area contributed by atoms with Crippen LogP contribution in [0, 0.1) is 5.92 Å². The maximum absolute atomic E-state index is 2.80. The Kier molecular flexibility index (Phi) is 2.99. The van der Waals surface area contributed by atoms with Crippen molar-refractivity contribution >= 4 is 0 Å². The van der Waals surface area contributed by atoms with E-state index < -0.39 is 0 Å². The van der Waals surface area contributed by atoms with Crippen LogP contribution in [-0.4, -0.2) is 55.2 Å². The first-order valence-corrected chi connectivity index (χ1v) is 7.64. The fraction of sp³-hybridized carbons (Fsp3) is 1.00. The number of hydrogen-bond acceptors (Lipinski definition) is 1. The molecular weight excluding hydrogens is 208 g/mol. The van der Waals surface area contributed by atoms with Gasteiger partial charge in [-0.15, -0.1) is 0 Å². The zero-order valence-electron chi connectivity index (χ0n) is 11.9. The molecule has 0 aromatic carbocycles. The van der Waals surface area contributed by atoms with Crippen molar-refractivity contribution in [1.29, 1.82) is 0 Å². The van der Waals surface area contributed by atoms with E-state index >= 15 is 0 Å². The third kappa shape index (κ3) is 1.94. The Morgan fingerprint density at radius 2 is 1.59 bits per heavy atom. The summed E-state index contributed by atoms with van der Waals surface area (Å²) in [4.78, 5) is 2.80. The molecule has 3 fully saturated rings. The van der Waals surface area contributed by atoms with E-state index in [4.69, 9.17) is 0 Å². The standard InChI is InChI=1S/C15H29N2/c1-16-13-6-4-5-7-14(16)15-9-8-12(13)10-11-17(15,2)3/h12-15H,4-11H2,1-3H3/q+1/t12-,13+,14-,15+/m1/s1. The molecule has 3 aliphatic rings. The van der Waals surface area contributed by atoms with Crippen LogP contribution in [0.3, 0.4) is 0 Å². The lowest BCUT2D eigenvalue weighted by atomic mass is 9.89. The molecule has 0 radical (unpaired) electrons. The molecule has 0 aromatic rings. The summed E-state index contributed by atoms with van der Waals surface area (Å²) < 4.78 is 1.28. The quantitative estimate of drug-likeness (QED) is 0.585. The molecule has 4 atom stereocenters. The molecule has 0 spiro atoms. The molecule has 0 saturated carbocycles. The molecule has 2 heteroatoms. The molecule has 3 rings (SSSR count). The summed E-state index contributed by atoms with van der Waals surface area (Å²) in [7, 11) is 7.38. The average Bonchev–Trinajstić information content (AvgIpc) is 2.62. The van der Waals surface area contributed by atoms with Gasteiger partial charge in [-0.3, -0.25) is 4.90 Å². The number of hydrogen-bond donors (Lipinski definition) is 0. The first kappa shape index (κ1) is 12.0. The Labute approximate surface area is 107 Å². The van der Waals surface area contributed by atoms with E-state index in [2.05, 4.69) is 26.0 Å². The number of likely N-dealkylation sites (tertiary alicyclic amines) is 1. The molecule has 0 unspecified atom stereocenters. The van der Waals surface area contributed by atoms with Crippen molar-refractivity contribution in [2.75, 3.05) is 27.7 Å². The van der Waals surface area contributed by atoms with Gasteiger partial charge >= 0.3 is 0 Å². The molecule has 0 aliphatic carbocycles. The van der Waals surface area contributed by atoms with Gasteiger partial charge in [0.1, 0.15) is 6.04 Å². The predicted octanol–water partition coefficient (Wildman–Crippen LogP) is 2.49. The summed E-state index contributed by atoms with van der Waals surface area (Å²) in [6, 6.07) is 2.67. The summed E-state index contributed by atoms with van der Waals surface area (Å²) in [6.45, 7) is 1.41. The summed E-state index contributed by atoms with van der Waals surface area (Å²) in [5, 5.41) is 0. The zero-order chi connectivity index (χ0) is 12.0. The Balaban J connectivity index is 1.98. The van der Waals surface area contributed by atoms with Gasteiger partial charge < -0.3 is 4.48 Å². The van der Waals surface area contributed by atoms with Crippen LogP contribution in [-0.2, 0) is 0 Å². The molecule has 4 bridgehead atoms. The van der Waals surface area contributed by atoms with Crippen molar-refractivity contribution in [3.63, 3.8) is 0 Å². The molecule has 3 saturated heterocycles. The van der Waals surface area contributed by atoms with Crippen molar-refractivity contribution in [2.24, 2.45) is 5.92 Å². The SMILES string of the molecule is CN1[C@@H]2CCCC[C@H]1[C@@H]1CC[C@@H]2[N+](C)(C)CC1. The van der Waals surface area contributed by atoms with Gasteiger partial charge in [-0.2, -0.15) is 0 Å². The van der Waals surface area contributed by atoms with Gasteiger partial charge in [0.15, 0.2) is 0 Å². The minimum atomic E-state index is 0.864. The van der Waals surface area contributed by atoms with Crippen LogP contribution >= 0.6 is 0 Å². The Morgan fingerprint density at radius 3 is 2.35 bits per heavy atom. The molecule has 98 valence electrons. The van der Waals surface area contributed by atoms with E-state index in [9.17, 15) is 0 Å². The first-order valence-electron chi connectivity index (χ1n) is 7.64. The summed E-state index contributed by atoms with van der Waals surface area (Å²) >= 11 is 0. The normalized spacial score (nSPS) is 46.1. The molecule has 17 heavy (non-hydrogen) atoms. The average molecular weight is 237 g/mol. The lowest BCUT2D eigenvalue weighted by Gasteiger charge is -2.47. The third-order valence-corrected chi connectivity index (χ3v) is 6.09. The fourth-order valence-electron chi connectivity index (χ4n) is 4.98. The highest BCUT2D eigenvalue weighted by Crippen LogP contribution is 2.41. The van der Waals surface area contributed by atoms with Gasteiger partial charge in [-0.1, -0.05) is 12.8 Å². The monoisotopic (exact) mass is 237 g/mol. The van der Waals surface area contributed by atoms with E-state index in [0.29, 0.717) is 0 Å². The Morgan fingerprint density at radius 1 is 0.882 bits per heavy atom. The molecule has 2 nitrogen and oxygen atoms in total. The number of nitrogens with zero attached hydrogens (tertiary/aromatic N) is 2. The molecule has 3 aliphatic heterocycles. The van der Waals surface area contributed by atoms with Crippen LogP contribution in [0.2, 0.25) is 0 Å². The van der Waals surface area contributed by atoms with Crippen LogP contribution in [0.1, 0.15) is 44.9 Å². The lowest BCUT2D eigenvalue weighted by Crippen LogP contribution is -2.60. The van der Waals surface area contributed by atoms with E-state index in [1.54, 1.807) is 0 Å². The third-order valence-electron chi connectivity index (χ3n) is 6.09. The van der Waals surface area contributed by atoms with E-state index in [1.165, 1.54) is 56.0 Å². The second-order valence-corrected chi connectivity index (χ2v) is 7.28. The van der Waals surface area contributed by atoms with E-state index in [-0.39, 0.29) is 0 Å². The van der Waals surface area contributed by atoms with Crippen molar-refractivity contribution in [3.8, 4) is 0 Å². The van der Waals surface area contributed by atoms with Crippen molar-refractivity contribution < 1.29 is 4.48 Å².